The minimum absolute atomic E-state index is 0.707. The van der Waals surface area contributed by atoms with Crippen molar-refractivity contribution in [2.75, 3.05) is 11.9 Å². The van der Waals surface area contributed by atoms with Crippen molar-refractivity contribution in [3.05, 3.63) is 52.8 Å². The van der Waals surface area contributed by atoms with Gasteiger partial charge >= 0.3 is 0 Å². The maximum absolute atomic E-state index is 4.42. The van der Waals surface area contributed by atoms with E-state index in [1.165, 1.54) is 36.9 Å². The number of hydrogen-bond donors (Lipinski definition) is 1. The SMILES string of the molecule is Cc1cc(C)nc(NCc2ccc(CN3CCCCC3C)cc2)n1. The molecule has 128 valence electrons. The van der Waals surface area contributed by atoms with Gasteiger partial charge in [0.2, 0.25) is 5.95 Å². The van der Waals surface area contributed by atoms with Crippen molar-refractivity contribution in [3.63, 3.8) is 0 Å². The Hall–Kier alpha value is -1.94. The van der Waals surface area contributed by atoms with Gasteiger partial charge in [-0.1, -0.05) is 30.7 Å². The third kappa shape index (κ3) is 4.54. The first-order valence-electron chi connectivity index (χ1n) is 8.98. The molecular formula is C20H28N4. The number of hydrogen-bond acceptors (Lipinski definition) is 4. The molecule has 1 aromatic heterocycles. The molecule has 1 aliphatic rings. The molecule has 3 rings (SSSR count). The fraction of sp³-hybridized carbons (Fsp3) is 0.500. The third-order valence-electron chi connectivity index (χ3n) is 4.78. The van der Waals surface area contributed by atoms with E-state index in [-0.39, 0.29) is 0 Å². The lowest BCUT2D eigenvalue weighted by Crippen LogP contribution is -2.36. The number of benzene rings is 1. The lowest BCUT2D eigenvalue weighted by atomic mass is 10.0. The molecule has 1 saturated heterocycles. The zero-order valence-electron chi connectivity index (χ0n) is 15.0. The average molecular weight is 324 g/mol. The number of rotatable bonds is 5. The molecule has 1 atom stereocenters. The van der Waals surface area contributed by atoms with Gasteiger partial charge in [-0.2, -0.15) is 0 Å². The summed E-state index contributed by atoms with van der Waals surface area (Å²) in [6, 6.07) is 11.6. The van der Waals surface area contributed by atoms with E-state index in [1.807, 2.05) is 19.9 Å². The highest BCUT2D eigenvalue weighted by Gasteiger charge is 2.17. The Morgan fingerprint density at radius 1 is 1.04 bits per heavy atom. The van der Waals surface area contributed by atoms with E-state index >= 15 is 0 Å². The Labute approximate surface area is 145 Å². The summed E-state index contributed by atoms with van der Waals surface area (Å²) < 4.78 is 0. The highest BCUT2D eigenvalue weighted by Crippen LogP contribution is 2.19. The highest BCUT2D eigenvalue weighted by atomic mass is 15.2. The smallest absolute Gasteiger partial charge is 0.223 e. The third-order valence-corrected chi connectivity index (χ3v) is 4.78. The number of anilines is 1. The Balaban J connectivity index is 1.56. The number of piperidine rings is 1. The van der Waals surface area contributed by atoms with Gasteiger partial charge in [0.25, 0.3) is 0 Å². The summed E-state index contributed by atoms with van der Waals surface area (Å²) in [5, 5.41) is 3.32. The van der Waals surface area contributed by atoms with Gasteiger partial charge in [0, 0.05) is 30.5 Å². The minimum Gasteiger partial charge on any atom is -0.350 e. The fourth-order valence-corrected chi connectivity index (χ4v) is 3.38. The van der Waals surface area contributed by atoms with E-state index in [4.69, 9.17) is 0 Å². The number of nitrogens with zero attached hydrogens (tertiary/aromatic N) is 3. The van der Waals surface area contributed by atoms with Crippen molar-refractivity contribution < 1.29 is 0 Å². The Kier molecular flexibility index (Phi) is 5.46. The standard InChI is InChI=1S/C20H28N4/c1-15-12-16(2)23-20(22-15)21-13-18-7-9-19(10-8-18)14-24-11-5-4-6-17(24)3/h7-10,12,17H,4-6,11,13-14H2,1-3H3,(H,21,22,23). The van der Waals surface area contributed by atoms with Crippen LogP contribution in [0.3, 0.4) is 0 Å². The van der Waals surface area contributed by atoms with Crippen LogP contribution >= 0.6 is 0 Å². The van der Waals surface area contributed by atoms with E-state index in [0.717, 1.165) is 24.5 Å². The molecule has 0 bridgehead atoms. The Morgan fingerprint density at radius 2 is 1.71 bits per heavy atom. The summed E-state index contributed by atoms with van der Waals surface area (Å²) >= 11 is 0. The van der Waals surface area contributed by atoms with Gasteiger partial charge in [-0.15, -0.1) is 0 Å². The van der Waals surface area contributed by atoms with Crippen LogP contribution in [-0.4, -0.2) is 27.5 Å². The van der Waals surface area contributed by atoms with Crippen molar-refractivity contribution in [1.29, 1.82) is 0 Å². The molecule has 24 heavy (non-hydrogen) atoms. The number of aromatic nitrogens is 2. The van der Waals surface area contributed by atoms with Crippen molar-refractivity contribution >= 4 is 5.95 Å². The van der Waals surface area contributed by atoms with E-state index in [0.29, 0.717) is 12.0 Å². The minimum atomic E-state index is 0.707. The molecule has 0 radical (unpaired) electrons. The largest absolute Gasteiger partial charge is 0.350 e. The van der Waals surface area contributed by atoms with Crippen LogP contribution < -0.4 is 5.32 Å². The molecule has 4 nitrogen and oxygen atoms in total. The van der Waals surface area contributed by atoms with E-state index in [2.05, 4.69) is 51.4 Å². The van der Waals surface area contributed by atoms with Crippen LogP contribution in [0.1, 0.15) is 48.7 Å². The van der Waals surface area contributed by atoms with Crippen LogP contribution in [0.2, 0.25) is 0 Å². The van der Waals surface area contributed by atoms with Crippen LogP contribution in [-0.2, 0) is 13.1 Å². The monoisotopic (exact) mass is 324 g/mol. The second-order valence-corrected chi connectivity index (χ2v) is 6.96. The summed E-state index contributed by atoms with van der Waals surface area (Å²) in [5.74, 6) is 0.707. The van der Waals surface area contributed by atoms with Gasteiger partial charge in [-0.25, -0.2) is 9.97 Å². The van der Waals surface area contributed by atoms with Gasteiger partial charge in [0.15, 0.2) is 0 Å². The first kappa shape index (κ1) is 16.9. The molecule has 1 N–H and O–H groups in total. The molecule has 1 aromatic carbocycles. The first-order chi connectivity index (χ1) is 11.6. The molecule has 1 fully saturated rings. The molecule has 1 unspecified atom stereocenters. The molecule has 0 spiro atoms. The van der Waals surface area contributed by atoms with Crippen LogP contribution in [0.5, 0.6) is 0 Å². The predicted octanol–water partition coefficient (Wildman–Crippen LogP) is 4.08. The first-order valence-corrected chi connectivity index (χ1v) is 8.98. The topological polar surface area (TPSA) is 41.1 Å². The second-order valence-electron chi connectivity index (χ2n) is 6.96. The zero-order valence-corrected chi connectivity index (χ0v) is 15.0. The van der Waals surface area contributed by atoms with Crippen molar-refractivity contribution in [1.82, 2.24) is 14.9 Å². The summed E-state index contributed by atoms with van der Waals surface area (Å²) in [7, 11) is 0. The lowest BCUT2D eigenvalue weighted by molar-refractivity contribution is 0.152. The summed E-state index contributed by atoms with van der Waals surface area (Å²) in [6.07, 6.45) is 4.04. The molecule has 2 heterocycles. The van der Waals surface area contributed by atoms with Crippen LogP contribution in [0.4, 0.5) is 5.95 Å². The molecule has 4 heteroatoms. The predicted molar refractivity (Wildman–Crippen MR) is 99.0 cm³/mol. The Bertz CT molecular complexity index is 646. The van der Waals surface area contributed by atoms with Crippen LogP contribution in [0.15, 0.2) is 30.3 Å². The van der Waals surface area contributed by atoms with Gasteiger partial charge < -0.3 is 5.32 Å². The Morgan fingerprint density at radius 3 is 2.38 bits per heavy atom. The van der Waals surface area contributed by atoms with Crippen molar-refractivity contribution in [2.24, 2.45) is 0 Å². The quantitative estimate of drug-likeness (QED) is 0.900. The molecule has 0 saturated carbocycles. The van der Waals surface area contributed by atoms with Gasteiger partial charge in [-0.3, -0.25) is 4.90 Å². The van der Waals surface area contributed by atoms with Crippen molar-refractivity contribution in [2.45, 2.75) is 59.2 Å². The van der Waals surface area contributed by atoms with Crippen molar-refractivity contribution in [3.8, 4) is 0 Å². The number of aryl methyl sites for hydroxylation is 2. The molecule has 1 aliphatic heterocycles. The summed E-state index contributed by atoms with van der Waals surface area (Å²) in [5.41, 5.74) is 4.65. The number of likely N-dealkylation sites (tertiary alicyclic amines) is 1. The molecule has 2 aromatic rings. The summed E-state index contributed by atoms with van der Waals surface area (Å²) in [6.45, 7) is 9.39. The van der Waals surface area contributed by atoms with E-state index in [1.54, 1.807) is 0 Å². The van der Waals surface area contributed by atoms with E-state index in [9.17, 15) is 0 Å². The average Bonchev–Trinajstić information content (AvgIpc) is 2.55. The van der Waals surface area contributed by atoms with Crippen LogP contribution in [0.25, 0.3) is 0 Å². The lowest BCUT2D eigenvalue weighted by Gasteiger charge is -2.33. The maximum atomic E-state index is 4.42. The molecule has 0 aliphatic carbocycles. The van der Waals surface area contributed by atoms with Crippen LogP contribution in [0, 0.1) is 13.8 Å². The second kappa shape index (κ2) is 7.75. The zero-order chi connectivity index (χ0) is 16.9. The molecular weight excluding hydrogens is 296 g/mol. The molecule has 0 amide bonds. The maximum Gasteiger partial charge on any atom is 0.223 e. The normalized spacial score (nSPS) is 18.5. The number of nitrogens with one attached hydrogen (secondary N) is 1. The van der Waals surface area contributed by atoms with Gasteiger partial charge in [-0.05, 0) is 57.4 Å². The van der Waals surface area contributed by atoms with E-state index < -0.39 is 0 Å². The van der Waals surface area contributed by atoms with Gasteiger partial charge in [0.1, 0.15) is 0 Å². The summed E-state index contributed by atoms with van der Waals surface area (Å²) in [4.78, 5) is 11.4. The highest BCUT2D eigenvalue weighted by molar-refractivity contribution is 5.31. The fourth-order valence-electron chi connectivity index (χ4n) is 3.38. The van der Waals surface area contributed by atoms with Gasteiger partial charge in [0.05, 0.1) is 0 Å².